The van der Waals surface area contributed by atoms with Crippen molar-refractivity contribution in [2.75, 3.05) is 13.1 Å². The molecule has 98 valence electrons. The van der Waals surface area contributed by atoms with Crippen molar-refractivity contribution in [3.05, 3.63) is 0 Å². The van der Waals surface area contributed by atoms with E-state index in [1.54, 1.807) is 0 Å². The van der Waals surface area contributed by atoms with Crippen LogP contribution in [-0.4, -0.2) is 47.2 Å². The number of aliphatic hydroxyl groups is 1. The van der Waals surface area contributed by atoms with E-state index in [2.05, 4.69) is 17.1 Å². The molecule has 2 N–H and O–H groups in total. The minimum absolute atomic E-state index is 0.0193. The molecule has 2 atom stereocenters. The maximum Gasteiger partial charge on any atom is 0.234 e. The summed E-state index contributed by atoms with van der Waals surface area (Å²) >= 11 is 0. The molecular weight excluding hydrogens is 216 g/mol. The van der Waals surface area contributed by atoms with Crippen LogP contribution in [0.1, 0.15) is 45.4 Å². The van der Waals surface area contributed by atoms with Gasteiger partial charge < -0.3 is 10.4 Å². The highest BCUT2D eigenvalue weighted by Gasteiger charge is 2.30. The van der Waals surface area contributed by atoms with E-state index in [0.29, 0.717) is 12.6 Å². The molecule has 0 aromatic heterocycles. The van der Waals surface area contributed by atoms with Crippen molar-refractivity contribution in [3.8, 4) is 0 Å². The molecule has 2 unspecified atom stereocenters. The number of nitrogens with zero attached hydrogens (tertiary/aromatic N) is 1. The molecule has 17 heavy (non-hydrogen) atoms. The smallest absolute Gasteiger partial charge is 0.234 e. The third-order valence-electron chi connectivity index (χ3n) is 3.89. The fraction of sp³-hybridized carbons (Fsp3) is 0.923. The van der Waals surface area contributed by atoms with Crippen LogP contribution in [0.15, 0.2) is 0 Å². The molecule has 2 rings (SSSR count). The van der Waals surface area contributed by atoms with Gasteiger partial charge in [-0.2, -0.15) is 0 Å². The number of hydrogen-bond acceptors (Lipinski definition) is 3. The Labute approximate surface area is 103 Å². The Hall–Kier alpha value is -0.610. The van der Waals surface area contributed by atoms with Gasteiger partial charge >= 0.3 is 0 Å². The van der Waals surface area contributed by atoms with Crippen LogP contribution in [0.2, 0.25) is 0 Å². The number of carbonyl (C=O) groups is 1. The minimum atomic E-state index is -0.344. The molecule has 4 heteroatoms. The van der Waals surface area contributed by atoms with Gasteiger partial charge in [-0.15, -0.1) is 0 Å². The lowest BCUT2D eigenvalue weighted by Gasteiger charge is -2.29. The number of likely N-dealkylation sites (N-methyl/N-ethyl adjacent to an activating group) is 1. The van der Waals surface area contributed by atoms with Crippen LogP contribution >= 0.6 is 0 Å². The first-order valence-electron chi connectivity index (χ1n) is 6.92. The first-order valence-corrected chi connectivity index (χ1v) is 6.92. The quantitative estimate of drug-likeness (QED) is 0.750. The van der Waals surface area contributed by atoms with Crippen molar-refractivity contribution >= 4 is 5.91 Å². The maximum absolute atomic E-state index is 11.9. The largest absolute Gasteiger partial charge is 0.391 e. The van der Waals surface area contributed by atoms with E-state index >= 15 is 0 Å². The third-order valence-corrected chi connectivity index (χ3v) is 3.89. The topological polar surface area (TPSA) is 52.6 Å². The molecule has 2 aliphatic rings. The Morgan fingerprint density at radius 3 is 2.59 bits per heavy atom. The van der Waals surface area contributed by atoms with E-state index in [1.807, 2.05) is 0 Å². The zero-order chi connectivity index (χ0) is 12.3. The van der Waals surface area contributed by atoms with Gasteiger partial charge in [0.2, 0.25) is 5.91 Å². The Balaban J connectivity index is 1.75. The standard InChI is InChI=1S/C13H24N2O2/c1-2-15(10-7-8-10)9-13(17)14-11-5-3-4-6-12(11)16/h10-12,16H,2-9H2,1H3,(H,14,17). The van der Waals surface area contributed by atoms with Gasteiger partial charge in [0.05, 0.1) is 18.7 Å². The van der Waals surface area contributed by atoms with Crippen molar-refractivity contribution < 1.29 is 9.90 Å². The number of aliphatic hydroxyl groups excluding tert-OH is 1. The summed E-state index contributed by atoms with van der Waals surface area (Å²) < 4.78 is 0. The average Bonchev–Trinajstić information content (AvgIpc) is 3.13. The number of rotatable bonds is 5. The second-order valence-corrected chi connectivity index (χ2v) is 5.32. The lowest BCUT2D eigenvalue weighted by atomic mass is 9.92. The van der Waals surface area contributed by atoms with E-state index in [9.17, 15) is 9.90 Å². The highest BCUT2D eigenvalue weighted by molar-refractivity contribution is 5.78. The van der Waals surface area contributed by atoms with Crippen molar-refractivity contribution in [2.45, 2.75) is 63.6 Å². The van der Waals surface area contributed by atoms with Gasteiger partial charge in [-0.25, -0.2) is 0 Å². The summed E-state index contributed by atoms with van der Waals surface area (Å²) in [5.41, 5.74) is 0. The van der Waals surface area contributed by atoms with Crippen LogP contribution in [0.4, 0.5) is 0 Å². The minimum Gasteiger partial charge on any atom is -0.391 e. The van der Waals surface area contributed by atoms with E-state index in [-0.39, 0.29) is 18.1 Å². The van der Waals surface area contributed by atoms with E-state index < -0.39 is 0 Å². The summed E-state index contributed by atoms with van der Waals surface area (Å²) in [6.45, 7) is 3.52. The molecule has 2 aliphatic carbocycles. The number of amides is 1. The molecule has 1 amide bonds. The fourth-order valence-electron chi connectivity index (χ4n) is 2.66. The molecule has 0 saturated heterocycles. The first kappa shape index (κ1) is 12.8. The van der Waals surface area contributed by atoms with Crippen LogP contribution in [0.25, 0.3) is 0 Å². The summed E-state index contributed by atoms with van der Waals surface area (Å²) in [6, 6.07) is 0.608. The molecule has 0 aromatic carbocycles. The van der Waals surface area contributed by atoms with Crippen LogP contribution < -0.4 is 5.32 Å². The van der Waals surface area contributed by atoms with Gasteiger partial charge in [-0.05, 0) is 32.2 Å². The molecule has 0 aromatic rings. The second-order valence-electron chi connectivity index (χ2n) is 5.32. The highest BCUT2D eigenvalue weighted by Crippen LogP contribution is 2.26. The average molecular weight is 240 g/mol. The van der Waals surface area contributed by atoms with Crippen molar-refractivity contribution in [1.82, 2.24) is 10.2 Å². The predicted molar refractivity (Wildman–Crippen MR) is 66.7 cm³/mol. The molecule has 0 aliphatic heterocycles. The third kappa shape index (κ3) is 3.68. The Morgan fingerprint density at radius 1 is 1.29 bits per heavy atom. The van der Waals surface area contributed by atoms with E-state index in [4.69, 9.17) is 0 Å². The van der Waals surface area contributed by atoms with Crippen LogP contribution in [-0.2, 0) is 4.79 Å². The van der Waals surface area contributed by atoms with Crippen molar-refractivity contribution in [3.63, 3.8) is 0 Å². The highest BCUT2D eigenvalue weighted by atomic mass is 16.3. The normalized spacial score (nSPS) is 29.4. The predicted octanol–water partition coefficient (Wildman–Crippen LogP) is 0.890. The van der Waals surface area contributed by atoms with Crippen molar-refractivity contribution in [2.24, 2.45) is 0 Å². The zero-order valence-corrected chi connectivity index (χ0v) is 10.7. The SMILES string of the molecule is CCN(CC(=O)NC1CCCCC1O)C1CC1. The molecule has 0 spiro atoms. The molecule has 4 nitrogen and oxygen atoms in total. The summed E-state index contributed by atoms with van der Waals surface area (Å²) in [6.07, 6.45) is 6.05. The summed E-state index contributed by atoms with van der Waals surface area (Å²) in [7, 11) is 0. The zero-order valence-electron chi connectivity index (χ0n) is 10.7. The van der Waals surface area contributed by atoms with Gasteiger partial charge in [0, 0.05) is 6.04 Å². The lowest BCUT2D eigenvalue weighted by Crippen LogP contribution is -2.48. The number of carbonyl (C=O) groups excluding carboxylic acids is 1. The summed E-state index contributed by atoms with van der Waals surface area (Å²) in [4.78, 5) is 14.1. The van der Waals surface area contributed by atoms with Crippen molar-refractivity contribution in [1.29, 1.82) is 0 Å². The summed E-state index contributed by atoms with van der Waals surface area (Å²) in [5.74, 6) is 0.0738. The fourth-order valence-corrected chi connectivity index (χ4v) is 2.66. The van der Waals surface area contributed by atoms with Crippen LogP contribution in [0.5, 0.6) is 0 Å². The Morgan fingerprint density at radius 2 is 2.00 bits per heavy atom. The van der Waals surface area contributed by atoms with Gasteiger partial charge in [0.1, 0.15) is 0 Å². The van der Waals surface area contributed by atoms with Gasteiger partial charge in [-0.3, -0.25) is 9.69 Å². The number of hydrogen-bond donors (Lipinski definition) is 2. The Kier molecular flexibility index (Phi) is 4.40. The van der Waals surface area contributed by atoms with Crippen LogP contribution in [0.3, 0.4) is 0 Å². The Bertz CT molecular complexity index is 266. The number of nitrogens with one attached hydrogen (secondary N) is 1. The lowest BCUT2D eigenvalue weighted by molar-refractivity contribution is -0.124. The van der Waals surface area contributed by atoms with Gasteiger partial charge in [-0.1, -0.05) is 19.8 Å². The van der Waals surface area contributed by atoms with Gasteiger partial charge in [0.25, 0.3) is 0 Å². The molecule has 0 bridgehead atoms. The summed E-state index contributed by atoms with van der Waals surface area (Å²) in [5, 5.41) is 12.8. The van der Waals surface area contributed by atoms with Gasteiger partial charge in [0.15, 0.2) is 0 Å². The molecular formula is C13H24N2O2. The van der Waals surface area contributed by atoms with E-state index in [0.717, 1.165) is 32.2 Å². The second kappa shape index (κ2) is 5.83. The maximum atomic E-state index is 11.9. The molecule has 2 fully saturated rings. The first-order chi connectivity index (χ1) is 8.20. The molecule has 0 heterocycles. The molecule has 2 saturated carbocycles. The van der Waals surface area contributed by atoms with E-state index in [1.165, 1.54) is 12.8 Å². The molecule has 0 radical (unpaired) electrons. The van der Waals surface area contributed by atoms with Crippen LogP contribution in [0, 0.1) is 0 Å². The monoisotopic (exact) mass is 240 g/mol.